The van der Waals surface area contributed by atoms with Crippen molar-refractivity contribution >= 4 is 38.8 Å². The van der Waals surface area contributed by atoms with E-state index in [9.17, 15) is 14.4 Å². The molecule has 0 aromatic carbocycles. The highest BCUT2D eigenvalue weighted by Gasteiger charge is 2.16. The number of fused-ring (bicyclic) bond motifs is 1. The van der Waals surface area contributed by atoms with Crippen LogP contribution in [0.1, 0.15) is 18.7 Å². The number of aromatic nitrogens is 2. The second-order valence-electron chi connectivity index (χ2n) is 6.01. The quantitative estimate of drug-likeness (QED) is 0.715. The molecule has 0 saturated carbocycles. The molecule has 0 fully saturated rings. The van der Waals surface area contributed by atoms with Crippen LogP contribution < -0.4 is 16.6 Å². The van der Waals surface area contributed by atoms with Crippen LogP contribution in [0, 0.1) is 0 Å². The maximum Gasteiger partial charge on any atom is 0.332 e. The first kappa shape index (κ1) is 17.6. The Balaban J connectivity index is 2.00. The Morgan fingerprint density at radius 1 is 1.16 bits per heavy atom. The zero-order chi connectivity index (χ0) is 18.0. The summed E-state index contributed by atoms with van der Waals surface area (Å²) in [5, 5.41) is 6.52. The van der Waals surface area contributed by atoms with Gasteiger partial charge in [0.2, 0.25) is 5.91 Å². The Hall–Kier alpha value is -2.19. The maximum atomic E-state index is 12.8. The van der Waals surface area contributed by atoms with Gasteiger partial charge >= 0.3 is 5.69 Å². The van der Waals surface area contributed by atoms with Gasteiger partial charge in [0, 0.05) is 17.5 Å². The number of carbonyl (C=O) groups is 1. The molecule has 0 aliphatic rings. The number of nitrogens with one attached hydrogen (secondary N) is 1. The molecule has 25 heavy (non-hydrogen) atoms. The number of amides is 1. The van der Waals surface area contributed by atoms with E-state index >= 15 is 0 Å². The lowest BCUT2D eigenvalue weighted by Gasteiger charge is -2.13. The summed E-state index contributed by atoms with van der Waals surface area (Å²) in [4.78, 5) is 38.7. The molecule has 132 valence electrons. The van der Waals surface area contributed by atoms with Gasteiger partial charge in [0.15, 0.2) is 0 Å². The van der Waals surface area contributed by atoms with Gasteiger partial charge in [-0.05, 0) is 43.2 Å². The molecule has 0 bridgehead atoms. The first-order valence-electron chi connectivity index (χ1n) is 8.00. The molecule has 3 aromatic rings. The van der Waals surface area contributed by atoms with Crippen molar-refractivity contribution in [1.82, 2.24) is 14.5 Å². The van der Waals surface area contributed by atoms with E-state index in [0.29, 0.717) is 23.2 Å². The van der Waals surface area contributed by atoms with Gasteiger partial charge in [-0.15, -0.1) is 22.7 Å². The van der Waals surface area contributed by atoms with Crippen molar-refractivity contribution in [2.75, 3.05) is 0 Å². The third kappa shape index (κ3) is 3.74. The minimum absolute atomic E-state index is 0.00842. The fourth-order valence-electron chi connectivity index (χ4n) is 2.67. The van der Waals surface area contributed by atoms with E-state index in [-0.39, 0.29) is 24.1 Å². The summed E-state index contributed by atoms with van der Waals surface area (Å²) < 4.78 is 3.13. The monoisotopic (exact) mass is 377 g/mol. The molecule has 1 amide bonds. The van der Waals surface area contributed by atoms with Crippen molar-refractivity contribution in [3.05, 3.63) is 54.7 Å². The Kier molecular flexibility index (Phi) is 5.19. The van der Waals surface area contributed by atoms with Crippen LogP contribution in [-0.4, -0.2) is 21.1 Å². The van der Waals surface area contributed by atoms with Crippen LogP contribution in [0.15, 0.2) is 38.5 Å². The van der Waals surface area contributed by atoms with Gasteiger partial charge in [-0.1, -0.05) is 6.07 Å². The molecule has 0 aliphatic heterocycles. The summed E-state index contributed by atoms with van der Waals surface area (Å²) in [6.45, 7) is 3.94. The lowest BCUT2D eigenvalue weighted by molar-refractivity contribution is -0.122. The first-order valence-corrected chi connectivity index (χ1v) is 9.76. The van der Waals surface area contributed by atoms with Crippen molar-refractivity contribution < 1.29 is 4.79 Å². The summed E-state index contributed by atoms with van der Waals surface area (Å²) in [5.74, 6) is -0.243. The average Bonchev–Trinajstić information content (AvgIpc) is 3.22. The Morgan fingerprint density at radius 3 is 2.64 bits per heavy atom. The number of hydrogen-bond acceptors (Lipinski definition) is 5. The molecule has 0 radical (unpaired) electrons. The number of rotatable bonds is 6. The van der Waals surface area contributed by atoms with Crippen LogP contribution in [-0.2, 0) is 24.3 Å². The SMILES string of the molecule is CC(C)NC(=O)Cn1c(=O)n(CCc2cccs2)c(=O)c2sccc21. The molecular weight excluding hydrogens is 358 g/mol. The normalized spacial score (nSPS) is 11.3. The maximum absolute atomic E-state index is 12.8. The molecule has 0 spiro atoms. The lowest BCUT2D eigenvalue weighted by Crippen LogP contribution is -2.43. The van der Waals surface area contributed by atoms with E-state index in [1.54, 1.807) is 22.8 Å². The van der Waals surface area contributed by atoms with Crippen LogP contribution in [0.5, 0.6) is 0 Å². The molecule has 3 aromatic heterocycles. The summed E-state index contributed by atoms with van der Waals surface area (Å²) in [5.41, 5.74) is -0.204. The molecule has 3 rings (SSSR count). The molecule has 8 heteroatoms. The smallest absolute Gasteiger partial charge is 0.332 e. The molecule has 6 nitrogen and oxygen atoms in total. The minimum atomic E-state index is -0.439. The molecule has 1 N–H and O–H groups in total. The summed E-state index contributed by atoms with van der Waals surface area (Å²) in [6, 6.07) is 5.63. The summed E-state index contributed by atoms with van der Waals surface area (Å²) in [6.07, 6.45) is 0.613. The number of hydrogen-bond donors (Lipinski definition) is 1. The van der Waals surface area contributed by atoms with Crippen LogP contribution in [0.25, 0.3) is 10.2 Å². The van der Waals surface area contributed by atoms with Crippen LogP contribution in [0.3, 0.4) is 0 Å². The van der Waals surface area contributed by atoms with E-state index in [1.807, 2.05) is 31.4 Å². The third-order valence-corrected chi connectivity index (χ3v) is 5.58. The van der Waals surface area contributed by atoms with Gasteiger partial charge in [-0.2, -0.15) is 0 Å². The summed E-state index contributed by atoms with van der Waals surface area (Å²) in [7, 11) is 0. The van der Waals surface area contributed by atoms with Gasteiger partial charge in [0.1, 0.15) is 11.2 Å². The topological polar surface area (TPSA) is 73.1 Å². The lowest BCUT2D eigenvalue weighted by atomic mass is 10.3. The van der Waals surface area contributed by atoms with Crippen LogP contribution in [0.2, 0.25) is 0 Å². The van der Waals surface area contributed by atoms with Crippen molar-refractivity contribution in [2.45, 2.75) is 39.4 Å². The van der Waals surface area contributed by atoms with E-state index < -0.39 is 5.69 Å². The van der Waals surface area contributed by atoms with Crippen molar-refractivity contribution in [2.24, 2.45) is 0 Å². The van der Waals surface area contributed by atoms with E-state index in [0.717, 1.165) is 4.88 Å². The highest BCUT2D eigenvalue weighted by molar-refractivity contribution is 7.17. The molecular formula is C17H19N3O3S2. The third-order valence-electron chi connectivity index (χ3n) is 3.75. The molecule has 0 atom stereocenters. The standard InChI is InChI=1S/C17H19N3O3S2/c1-11(2)18-14(21)10-20-13-6-9-25-15(13)16(22)19(17(20)23)7-5-12-4-3-8-24-12/h3-4,6,8-9,11H,5,7,10H2,1-2H3,(H,18,21). The predicted octanol–water partition coefficient (Wildman–Crippen LogP) is 2.05. The number of thiophene rings is 2. The fraction of sp³-hybridized carbons (Fsp3) is 0.353. The molecule has 0 unspecified atom stereocenters. The fourth-order valence-corrected chi connectivity index (χ4v) is 4.21. The zero-order valence-corrected chi connectivity index (χ0v) is 15.7. The summed E-state index contributed by atoms with van der Waals surface area (Å²) >= 11 is 2.89. The number of nitrogens with zero attached hydrogens (tertiary/aromatic N) is 2. The van der Waals surface area contributed by atoms with Crippen molar-refractivity contribution in [3.63, 3.8) is 0 Å². The van der Waals surface area contributed by atoms with Crippen molar-refractivity contribution in [3.8, 4) is 0 Å². The van der Waals surface area contributed by atoms with Crippen LogP contribution >= 0.6 is 22.7 Å². The molecule has 0 saturated heterocycles. The Bertz CT molecular complexity index is 996. The average molecular weight is 377 g/mol. The van der Waals surface area contributed by atoms with Crippen molar-refractivity contribution in [1.29, 1.82) is 0 Å². The minimum Gasteiger partial charge on any atom is -0.352 e. The Labute approximate surface area is 152 Å². The first-order chi connectivity index (χ1) is 12.0. The second-order valence-corrected chi connectivity index (χ2v) is 7.96. The second kappa shape index (κ2) is 7.37. The predicted molar refractivity (Wildman–Crippen MR) is 102 cm³/mol. The highest BCUT2D eigenvalue weighted by Crippen LogP contribution is 2.15. The molecule has 0 aliphatic carbocycles. The molecule has 3 heterocycles. The van der Waals surface area contributed by atoms with Gasteiger partial charge in [0.05, 0.1) is 5.52 Å². The van der Waals surface area contributed by atoms with E-state index in [2.05, 4.69) is 5.32 Å². The zero-order valence-electron chi connectivity index (χ0n) is 14.0. The van der Waals surface area contributed by atoms with Gasteiger partial charge in [0.25, 0.3) is 5.56 Å². The Morgan fingerprint density at radius 2 is 1.96 bits per heavy atom. The van der Waals surface area contributed by atoms with Crippen LogP contribution in [0.4, 0.5) is 0 Å². The van der Waals surface area contributed by atoms with Gasteiger partial charge < -0.3 is 5.32 Å². The highest BCUT2D eigenvalue weighted by atomic mass is 32.1. The van der Waals surface area contributed by atoms with E-state index in [4.69, 9.17) is 0 Å². The largest absolute Gasteiger partial charge is 0.352 e. The van der Waals surface area contributed by atoms with Gasteiger partial charge in [-0.3, -0.25) is 18.7 Å². The number of carbonyl (C=O) groups excluding carboxylic acids is 1. The van der Waals surface area contributed by atoms with E-state index in [1.165, 1.54) is 20.5 Å². The van der Waals surface area contributed by atoms with Gasteiger partial charge in [-0.25, -0.2) is 4.79 Å². The number of aryl methyl sites for hydroxylation is 1.